The molecule has 1 heterocycles. The zero-order valence-corrected chi connectivity index (χ0v) is 12.3. The summed E-state index contributed by atoms with van der Waals surface area (Å²) in [6, 6.07) is -1.52. The molecular weight excluding hydrogens is 304 g/mol. The number of sulfonamides is 1. The van der Waals surface area contributed by atoms with Gasteiger partial charge >= 0.3 is 11.9 Å². The van der Waals surface area contributed by atoms with Gasteiger partial charge in [0.2, 0.25) is 15.9 Å². The number of carbonyl (C=O) groups excluding carboxylic acids is 1. The van der Waals surface area contributed by atoms with Crippen LogP contribution in [0.25, 0.3) is 0 Å². The maximum atomic E-state index is 12.0. The SMILES string of the molecule is CS(=O)(=O)N1CCCC(C(=O)NC(CC(=O)O)C(=O)O)C1. The quantitative estimate of drug-likeness (QED) is 0.552. The first-order chi connectivity index (χ1) is 9.61. The lowest BCUT2D eigenvalue weighted by atomic mass is 9.98. The Balaban J connectivity index is 2.69. The van der Waals surface area contributed by atoms with E-state index in [1.54, 1.807) is 0 Å². The molecule has 0 spiro atoms. The second-order valence-electron chi connectivity index (χ2n) is 4.96. The third kappa shape index (κ3) is 5.31. The second-order valence-corrected chi connectivity index (χ2v) is 6.94. The smallest absolute Gasteiger partial charge is 0.326 e. The van der Waals surface area contributed by atoms with Crippen molar-refractivity contribution in [2.75, 3.05) is 19.3 Å². The highest BCUT2D eigenvalue weighted by molar-refractivity contribution is 7.88. The van der Waals surface area contributed by atoms with Crippen LogP contribution in [0.4, 0.5) is 0 Å². The molecule has 1 rings (SSSR count). The van der Waals surface area contributed by atoms with Gasteiger partial charge in [-0.05, 0) is 12.8 Å². The normalized spacial score (nSPS) is 21.5. The lowest BCUT2D eigenvalue weighted by molar-refractivity contribution is -0.147. The van der Waals surface area contributed by atoms with Crippen LogP contribution in [0.2, 0.25) is 0 Å². The zero-order chi connectivity index (χ0) is 16.2. The molecule has 1 aliphatic heterocycles. The molecule has 0 bridgehead atoms. The highest BCUT2D eigenvalue weighted by Crippen LogP contribution is 2.19. The van der Waals surface area contributed by atoms with Crippen LogP contribution in [0.1, 0.15) is 19.3 Å². The van der Waals surface area contributed by atoms with E-state index in [0.717, 1.165) is 10.6 Å². The number of carboxylic acids is 2. The topological polar surface area (TPSA) is 141 Å². The maximum Gasteiger partial charge on any atom is 0.326 e. The first kappa shape index (κ1) is 17.4. The van der Waals surface area contributed by atoms with Crippen LogP contribution in [0.5, 0.6) is 0 Å². The van der Waals surface area contributed by atoms with E-state index in [0.29, 0.717) is 19.4 Å². The van der Waals surface area contributed by atoms with Crippen LogP contribution in [-0.2, 0) is 24.4 Å². The van der Waals surface area contributed by atoms with Gasteiger partial charge in [-0.15, -0.1) is 0 Å². The van der Waals surface area contributed by atoms with E-state index in [1.165, 1.54) is 0 Å². The van der Waals surface area contributed by atoms with Gasteiger partial charge in [0.15, 0.2) is 0 Å². The molecule has 0 aliphatic carbocycles. The number of carbonyl (C=O) groups is 3. The van der Waals surface area contributed by atoms with Gasteiger partial charge in [-0.1, -0.05) is 0 Å². The van der Waals surface area contributed by atoms with Crippen molar-refractivity contribution < 1.29 is 33.0 Å². The van der Waals surface area contributed by atoms with Gasteiger partial charge in [0.05, 0.1) is 18.6 Å². The van der Waals surface area contributed by atoms with Crippen molar-refractivity contribution in [1.82, 2.24) is 9.62 Å². The first-order valence-electron chi connectivity index (χ1n) is 6.31. The summed E-state index contributed by atoms with van der Waals surface area (Å²) in [7, 11) is -3.41. The summed E-state index contributed by atoms with van der Waals surface area (Å²) in [4.78, 5) is 33.4. The van der Waals surface area contributed by atoms with Crippen LogP contribution in [0, 0.1) is 5.92 Å². The van der Waals surface area contributed by atoms with Crippen LogP contribution in [0.3, 0.4) is 0 Å². The van der Waals surface area contributed by atoms with Crippen LogP contribution >= 0.6 is 0 Å². The zero-order valence-electron chi connectivity index (χ0n) is 11.5. The van der Waals surface area contributed by atoms with Crippen molar-refractivity contribution in [3.05, 3.63) is 0 Å². The van der Waals surface area contributed by atoms with Crippen molar-refractivity contribution in [3.8, 4) is 0 Å². The first-order valence-corrected chi connectivity index (χ1v) is 8.16. The summed E-state index contributed by atoms with van der Waals surface area (Å²) < 4.78 is 24.1. The van der Waals surface area contributed by atoms with Gasteiger partial charge in [-0.2, -0.15) is 0 Å². The van der Waals surface area contributed by atoms with E-state index < -0.39 is 46.2 Å². The van der Waals surface area contributed by atoms with E-state index >= 15 is 0 Å². The van der Waals surface area contributed by atoms with Crippen molar-refractivity contribution in [2.45, 2.75) is 25.3 Å². The lowest BCUT2D eigenvalue weighted by Gasteiger charge is -2.30. The van der Waals surface area contributed by atoms with E-state index in [9.17, 15) is 22.8 Å². The lowest BCUT2D eigenvalue weighted by Crippen LogP contribution is -2.49. The van der Waals surface area contributed by atoms with Crippen molar-refractivity contribution in [1.29, 1.82) is 0 Å². The summed E-state index contributed by atoms with van der Waals surface area (Å²) >= 11 is 0. The predicted octanol–water partition coefficient (Wildman–Crippen LogP) is -1.30. The fourth-order valence-electron chi connectivity index (χ4n) is 2.12. The van der Waals surface area contributed by atoms with E-state index in [2.05, 4.69) is 5.32 Å². The van der Waals surface area contributed by atoms with E-state index in [4.69, 9.17) is 10.2 Å². The molecular formula is C11H18N2O7S. The van der Waals surface area contributed by atoms with Gasteiger partial charge in [0.25, 0.3) is 0 Å². The number of hydrogen-bond acceptors (Lipinski definition) is 5. The largest absolute Gasteiger partial charge is 0.481 e. The Hall–Kier alpha value is -1.68. The summed E-state index contributed by atoms with van der Waals surface area (Å²) in [5.74, 6) is -4.10. The van der Waals surface area contributed by atoms with Crippen molar-refractivity contribution in [2.24, 2.45) is 5.92 Å². The fourth-order valence-corrected chi connectivity index (χ4v) is 3.03. The minimum Gasteiger partial charge on any atom is -0.481 e. The second kappa shape index (κ2) is 6.85. The van der Waals surface area contributed by atoms with Crippen LogP contribution in [0.15, 0.2) is 0 Å². The minimum atomic E-state index is -3.41. The summed E-state index contributed by atoms with van der Waals surface area (Å²) in [5.41, 5.74) is 0. The Labute approximate surface area is 122 Å². The molecule has 0 aromatic rings. The molecule has 120 valence electrons. The Kier molecular flexibility index (Phi) is 5.67. The van der Waals surface area contributed by atoms with Crippen molar-refractivity contribution in [3.63, 3.8) is 0 Å². The minimum absolute atomic E-state index is 0.0237. The highest BCUT2D eigenvalue weighted by atomic mass is 32.2. The third-order valence-electron chi connectivity index (χ3n) is 3.22. The molecule has 1 aliphatic rings. The van der Waals surface area contributed by atoms with Gasteiger partial charge < -0.3 is 15.5 Å². The molecule has 0 aromatic carbocycles. The monoisotopic (exact) mass is 322 g/mol. The molecule has 2 atom stereocenters. The van der Waals surface area contributed by atoms with Gasteiger partial charge in [0.1, 0.15) is 6.04 Å². The Morgan fingerprint density at radius 1 is 1.33 bits per heavy atom. The number of aliphatic carboxylic acids is 2. The number of amides is 1. The fraction of sp³-hybridized carbons (Fsp3) is 0.727. The van der Waals surface area contributed by atoms with E-state index in [-0.39, 0.29) is 6.54 Å². The molecule has 3 N–H and O–H groups in total. The number of nitrogens with zero attached hydrogens (tertiary/aromatic N) is 1. The Morgan fingerprint density at radius 3 is 2.43 bits per heavy atom. The Bertz CT molecular complexity index is 531. The number of rotatable bonds is 6. The van der Waals surface area contributed by atoms with Crippen LogP contribution in [-0.4, -0.2) is 66.2 Å². The third-order valence-corrected chi connectivity index (χ3v) is 4.49. The average Bonchev–Trinajstić information content (AvgIpc) is 2.36. The maximum absolute atomic E-state index is 12.0. The molecule has 21 heavy (non-hydrogen) atoms. The highest BCUT2D eigenvalue weighted by Gasteiger charge is 2.32. The number of hydrogen-bond donors (Lipinski definition) is 3. The number of nitrogens with one attached hydrogen (secondary N) is 1. The van der Waals surface area contributed by atoms with Gasteiger partial charge in [-0.25, -0.2) is 17.5 Å². The standard InChI is InChI=1S/C11H18N2O7S/c1-21(19,20)13-4-2-3-7(6-13)10(16)12-8(11(17)18)5-9(14)15/h7-8H,2-6H2,1H3,(H,12,16)(H,14,15)(H,17,18). The number of piperidine rings is 1. The summed E-state index contributed by atoms with van der Waals surface area (Å²) in [6.07, 6.45) is 1.22. The average molecular weight is 322 g/mol. The molecule has 0 saturated carbocycles. The molecule has 1 fully saturated rings. The molecule has 10 heteroatoms. The molecule has 0 aromatic heterocycles. The molecule has 2 unspecified atom stereocenters. The molecule has 9 nitrogen and oxygen atoms in total. The van der Waals surface area contributed by atoms with Crippen molar-refractivity contribution >= 4 is 27.9 Å². The molecule has 0 radical (unpaired) electrons. The number of carboxylic acid groups (broad SMARTS) is 2. The molecule has 1 saturated heterocycles. The summed E-state index contributed by atoms with van der Waals surface area (Å²) in [6.45, 7) is 0.296. The summed E-state index contributed by atoms with van der Waals surface area (Å²) in [5, 5.41) is 19.6. The predicted molar refractivity (Wildman–Crippen MR) is 71.0 cm³/mol. The Morgan fingerprint density at radius 2 is 1.95 bits per heavy atom. The van der Waals surface area contributed by atoms with Gasteiger partial charge in [-0.3, -0.25) is 9.59 Å². The van der Waals surface area contributed by atoms with Crippen LogP contribution < -0.4 is 5.32 Å². The van der Waals surface area contributed by atoms with Gasteiger partial charge in [0, 0.05) is 13.1 Å². The van der Waals surface area contributed by atoms with E-state index in [1.807, 2.05) is 0 Å². The molecule has 1 amide bonds.